The maximum Gasteiger partial charge on any atom is 0.355 e. The zero-order valence-corrected chi connectivity index (χ0v) is 33.5. The lowest BCUT2D eigenvalue weighted by Gasteiger charge is -2.38. The van der Waals surface area contributed by atoms with Gasteiger partial charge in [-0.25, -0.2) is 18.1 Å². The Labute approximate surface area is 339 Å². The first-order valence-corrected chi connectivity index (χ1v) is 20.8. The molecule has 2 atom stereocenters. The van der Waals surface area contributed by atoms with Crippen molar-refractivity contribution in [3.8, 4) is 40.0 Å². The predicted octanol–water partition coefficient (Wildman–Crippen LogP) is 6.76. The number of Topliss-reactive ketones (excluding diaryl/α,β-unsaturated/α-hetero) is 1. The Morgan fingerprint density at radius 2 is 1.65 bits per heavy atom. The second-order valence-corrected chi connectivity index (χ2v) is 16.9. The number of nitrogens with zero attached hydrogens (tertiary/aromatic N) is 3. The van der Waals surface area contributed by atoms with E-state index in [0.29, 0.717) is 66.1 Å². The number of hydrogen-bond donors (Lipinski definition) is 2. The molecule has 1 saturated heterocycles. The maximum absolute atomic E-state index is 12.7. The van der Waals surface area contributed by atoms with Gasteiger partial charge in [0.1, 0.15) is 16.9 Å². The second kappa shape index (κ2) is 17.2. The van der Waals surface area contributed by atoms with E-state index in [1.807, 2.05) is 53.4 Å². The number of likely N-dealkylation sites (tertiary alicyclic amines) is 1. The summed E-state index contributed by atoms with van der Waals surface area (Å²) in [6.07, 6.45) is 3.24. The van der Waals surface area contributed by atoms with Gasteiger partial charge in [0.15, 0.2) is 0 Å². The Kier molecular flexibility index (Phi) is 12.3. The van der Waals surface area contributed by atoms with Crippen LogP contribution in [0.5, 0.6) is 17.6 Å². The van der Waals surface area contributed by atoms with Crippen LogP contribution in [0.1, 0.15) is 54.0 Å². The largest absolute Gasteiger partial charge is 0.481 e. The highest BCUT2D eigenvalue weighted by Crippen LogP contribution is 2.45. The Hall–Kier alpha value is -4.41. The number of ether oxygens (including phenoxy) is 3. The lowest BCUT2D eigenvalue weighted by Crippen LogP contribution is -2.54. The maximum atomic E-state index is 12.7. The molecule has 1 aliphatic heterocycles. The van der Waals surface area contributed by atoms with Crippen LogP contribution in [0.4, 0.5) is 8.78 Å². The molecular weight excluding hydrogens is 803 g/mol. The van der Waals surface area contributed by atoms with E-state index in [0.717, 1.165) is 46.3 Å². The van der Waals surface area contributed by atoms with E-state index in [2.05, 4.69) is 10.3 Å². The first-order chi connectivity index (χ1) is 27.3. The molecule has 0 bridgehead atoms. The molecule has 1 amide bonds. The summed E-state index contributed by atoms with van der Waals surface area (Å²) in [5.41, 5.74) is 6.86. The number of halogens is 4. The minimum Gasteiger partial charge on any atom is -0.481 e. The van der Waals surface area contributed by atoms with E-state index in [1.165, 1.54) is 11.8 Å². The highest BCUT2D eigenvalue weighted by Gasteiger charge is 2.37. The van der Waals surface area contributed by atoms with Crippen LogP contribution < -0.4 is 24.2 Å². The molecule has 2 aromatic carbocycles. The lowest BCUT2D eigenvalue weighted by atomic mass is 9.94. The molecule has 2 fully saturated rings. The van der Waals surface area contributed by atoms with Crippen LogP contribution in [0.3, 0.4) is 0 Å². The van der Waals surface area contributed by atoms with Gasteiger partial charge in [-0.05, 0) is 60.5 Å². The molecule has 3 aliphatic rings. The predicted molar refractivity (Wildman–Crippen MR) is 210 cm³/mol. The fourth-order valence-electron chi connectivity index (χ4n) is 7.71. The Morgan fingerprint density at radius 3 is 2.37 bits per heavy atom. The first kappa shape index (κ1) is 40.8. The van der Waals surface area contributed by atoms with Crippen molar-refractivity contribution in [2.45, 2.75) is 57.1 Å². The van der Waals surface area contributed by atoms with Crippen LogP contribution >= 0.6 is 23.2 Å². The molecule has 3 heterocycles. The molecule has 2 aromatic heterocycles. The molecule has 1 saturated carbocycles. The van der Waals surface area contributed by atoms with Crippen molar-refractivity contribution < 1.29 is 41.0 Å². The Balaban J connectivity index is 1.03. The van der Waals surface area contributed by atoms with Gasteiger partial charge in [0.05, 0.1) is 30.9 Å². The zero-order valence-electron chi connectivity index (χ0n) is 31.2. The number of methoxy groups -OCH3 is 2. The fraction of sp³-hybridized carbons (Fsp3) is 0.400. The average Bonchev–Trinajstić information content (AvgIpc) is 3.79. The highest BCUT2D eigenvalue weighted by atomic mass is 35.5. The van der Waals surface area contributed by atoms with Crippen molar-refractivity contribution in [2.24, 2.45) is 11.8 Å². The lowest BCUT2D eigenvalue weighted by molar-refractivity contribution is -0.128. The average molecular weight is 845 g/mol. The van der Waals surface area contributed by atoms with E-state index < -0.39 is 27.6 Å². The van der Waals surface area contributed by atoms with Gasteiger partial charge < -0.3 is 19.5 Å². The van der Waals surface area contributed by atoms with Gasteiger partial charge in [-0.1, -0.05) is 65.7 Å². The van der Waals surface area contributed by atoms with Crippen LogP contribution in [0.2, 0.25) is 10.0 Å². The van der Waals surface area contributed by atoms with Gasteiger partial charge in [-0.3, -0.25) is 14.5 Å². The van der Waals surface area contributed by atoms with E-state index in [1.54, 1.807) is 13.2 Å². The molecule has 57 heavy (non-hydrogen) atoms. The van der Waals surface area contributed by atoms with Crippen molar-refractivity contribution in [1.82, 2.24) is 24.9 Å². The van der Waals surface area contributed by atoms with E-state index in [-0.39, 0.29) is 42.5 Å². The summed E-state index contributed by atoms with van der Waals surface area (Å²) in [4.78, 5) is 35.0. The molecule has 12 nitrogen and oxygen atoms in total. The summed E-state index contributed by atoms with van der Waals surface area (Å²) in [7, 11) is -1.96. The second-order valence-electron chi connectivity index (χ2n) is 14.4. The number of carbonyl (C=O) groups is 2. The molecule has 7 rings (SSSR count). The third-order valence-electron chi connectivity index (χ3n) is 10.6. The number of amides is 1. The molecule has 17 heteroatoms. The van der Waals surface area contributed by atoms with Gasteiger partial charge in [0.2, 0.25) is 23.5 Å². The molecule has 0 radical (unpaired) electrons. The number of fused-ring (bicyclic) bond motifs is 1. The van der Waals surface area contributed by atoms with Crippen LogP contribution in [0.15, 0.2) is 54.6 Å². The third kappa shape index (κ3) is 8.87. The van der Waals surface area contributed by atoms with Gasteiger partial charge >= 0.3 is 5.76 Å². The molecule has 4 aromatic rings. The van der Waals surface area contributed by atoms with Crippen LogP contribution in [0, 0.1) is 11.8 Å². The summed E-state index contributed by atoms with van der Waals surface area (Å²) < 4.78 is 67.1. The van der Waals surface area contributed by atoms with Crippen LogP contribution in [-0.4, -0.2) is 74.6 Å². The van der Waals surface area contributed by atoms with Crippen LogP contribution in [0.25, 0.3) is 22.4 Å². The quantitative estimate of drug-likeness (QED) is 0.131. The number of nitrogens with one attached hydrogen (secondary N) is 2. The SMILES string of the molecule is COc1nc(-c2cccc(-c3cccc4c3CC[C@@H]4Oc3nc(OC)c(CN4CC(C(=O)NS(=O)(=O)C(F)F)C4)cc3Cl)c2Cl)ccc1CNC[C@@H]1CCC(=O)C1. The third-order valence-corrected chi connectivity index (χ3v) is 12.3. The summed E-state index contributed by atoms with van der Waals surface area (Å²) in [6.45, 7) is 1.90. The summed E-state index contributed by atoms with van der Waals surface area (Å²) >= 11 is 13.9. The number of carbonyl (C=O) groups excluding carboxylic acids is 2. The molecule has 302 valence electrons. The van der Waals surface area contributed by atoms with Crippen molar-refractivity contribution in [3.05, 3.63) is 86.9 Å². The topological polar surface area (TPSA) is 149 Å². The van der Waals surface area contributed by atoms with Gasteiger partial charge in [0.25, 0.3) is 10.0 Å². The smallest absolute Gasteiger partial charge is 0.355 e. The van der Waals surface area contributed by atoms with Gasteiger partial charge in [-0.15, -0.1) is 0 Å². The van der Waals surface area contributed by atoms with Gasteiger partial charge in [-0.2, -0.15) is 13.8 Å². The number of pyridine rings is 2. The number of rotatable bonds is 15. The Morgan fingerprint density at radius 1 is 0.930 bits per heavy atom. The van der Waals surface area contributed by atoms with E-state index in [4.69, 9.17) is 42.4 Å². The number of aromatic nitrogens is 2. The molecule has 0 unspecified atom stereocenters. The minimum atomic E-state index is -5.02. The highest BCUT2D eigenvalue weighted by molar-refractivity contribution is 7.90. The van der Waals surface area contributed by atoms with Crippen molar-refractivity contribution >= 4 is 44.9 Å². The summed E-state index contributed by atoms with van der Waals surface area (Å²) in [6, 6.07) is 17.5. The minimum absolute atomic E-state index is 0.151. The van der Waals surface area contributed by atoms with Crippen molar-refractivity contribution in [2.75, 3.05) is 33.9 Å². The zero-order chi connectivity index (χ0) is 40.4. The van der Waals surface area contributed by atoms with Crippen molar-refractivity contribution in [3.63, 3.8) is 0 Å². The molecule has 2 N–H and O–H groups in total. The van der Waals surface area contributed by atoms with Crippen LogP contribution in [-0.2, 0) is 39.1 Å². The normalized spacial score (nSPS) is 18.4. The molecule has 2 aliphatic carbocycles. The molecular formula is C40H41Cl2F2N5O7S. The summed E-state index contributed by atoms with van der Waals surface area (Å²) in [5, 5.41) is 4.25. The number of hydrogen-bond acceptors (Lipinski definition) is 11. The van der Waals surface area contributed by atoms with E-state index in [9.17, 15) is 26.8 Å². The molecule has 0 spiro atoms. The van der Waals surface area contributed by atoms with E-state index >= 15 is 0 Å². The Bertz CT molecular complexity index is 2290. The van der Waals surface area contributed by atoms with Crippen molar-refractivity contribution in [1.29, 1.82) is 0 Å². The van der Waals surface area contributed by atoms with Gasteiger partial charge in [0, 0.05) is 61.3 Å². The fourth-order valence-corrected chi connectivity index (χ4v) is 8.79. The first-order valence-electron chi connectivity index (χ1n) is 18.5. The number of benzene rings is 2. The number of sulfonamides is 1. The standard InChI is InChI=1S/C40H41Cl2F2N5O7S/c1-54-37-23(18-45-17-22-9-11-26(50)15-22)10-13-33(46-37)31-8-4-7-30(35(31)42)27-5-3-6-29-28(27)12-14-34(29)56-39-32(41)16-24(38(47-39)55-2)19-49-20-25(21-49)36(51)48-57(52,53)40(43)44/h3-8,10,13,16,22,25,34,40,45H,9,11-12,14-15,17-21H2,1-2H3,(H,48,51)/t22-,34+/m1/s1. The monoisotopic (exact) mass is 843 g/mol. The number of ketones is 1. The summed E-state index contributed by atoms with van der Waals surface area (Å²) in [5.74, 6) is -3.79. The number of alkyl halides is 2.